The van der Waals surface area contributed by atoms with Crippen molar-refractivity contribution >= 4 is 71.4 Å². The number of hydrogen-bond acceptors (Lipinski definition) is 1. The van der Waals surface area contributed by atoms with Gasteiger partial charge in [0.1, 0.15) is 0 Å². The van der Waals surface area contributed by atoms with Crippen LogP contribution in [0, 0.1) is 0 Å². The lowest BCUT2D eigenvalue weighted by Gasteiger charge is -2.28. The first-order valence-corrected chi connectivity index (χ1v) is 23.0. The van der Waals surface area contributed by atoms with Crippen molar-refractivity contribution in [3.8, 4) is 44.8 Å². The van der Waals surface area contributed by atoms with Gasteiger partial charge in [-0.3, -0.25) is 0 Å². The number of aromatic nitrogens is 2. The highest BCUT2D eigenvalue weighted by Gasteiger charge is 2.21. The molecule has 0 saturated carbocycles. The number of nitrogens with zero attached hydrogens (tertiary/aromatic N) is 3. The summed E-state index contributed by atoms with van der Waals surface area (Å²) in [5.41, 5.74) is 17.6. The van der Waals surface area contributed by atoms with Gasteiger partial charge in [-0.25, -0.2) is 0 Å². The average Bonchev–Trinajstić information content (AvgIpc) is 3.92. The minimum atomic E-state index is 1.08. The summed E-state index contributed by atoms with van der Waals surface area (Å²) >= 11 is 0. The molecule has 0 fully saturated rings. The van der Waals surface area contributed by atoms with E-state index in [1.54, 1.807) is 0 Å². The molecule has 0 radical (unpaired) electrons. The molecule has 2 heterocycles. The molecule has 0 bridgehead atoms. The summed E-state index contributed by atoms with van der Waals surface area (Å²) in [4.78, 5) is 2.42. The van der Waals surface area contributed by atoms with E-state index in [9.17, 15) is 0 Å². The number of hydrogen-bond donors (Lipinski definition) is 0. The molecule has 3 heteroatoms. The summed E-state index contributed by atoms with van der Waals surface area (Å²) in [7, 11) is 0. The zero-order valence-corrected chi connectivity index (χ0v) is 36.7. The second-order valence-corrected chi connectivity index (χ2v) is 17.3. The molecule has 3 nitrogen and oxygen atoms in total. The number of benzene rings is 11. The molecule has 0 atom stereocenters. The predicted octanol–water partition coefficient (Wildman–Crippen LogP) is 17.5. The first-order chi connectivity index (χ1) is 33.2. The number of fused-ring (bicyclic) bond motifs is 7. The maximum absolute atomic E-state index is 2.43. The summed E-state index contributed by atoms with van der Waals surface area (Å²) in [6.45, 7) is 0. The Hall–Kier alpha value is -8.92. The lowest BCUT2D eigenvalue weighted by molar-refractivity contribution is 1.18. The average molecular weight is 854 g/mol. The molecule has 0 aliphatic heterocycles. The van der Waals surface area contributed by atoms with Crippen molar-refractivity contribution in [3.05, 3.63) is 261 Å². The van der Waals surface area contributed by atoms with Gasteiger partial charge in [-0.1, -0.05) is 182 Å². The van der Waals surface area contributed by atoms with Crippen LogP contribution in [-0.2, 0) is 0 Å². The van der Waals surface area contributed by atoms with Gasteiger partial charge in [-0.15, -0.1) is 0 Å². The topological polar surface area (TPSA) is 13.1 Å². The molecule has 0 spiro atoms. The first-order valence-electron chi connectivity index (χ1n) is 23.0. The van der Waals surface area contributed by atoms with Gasteiger partial charge in [-0.05, 0) is 112 Å². The smallest absolute Gasteiger partial charge is 0.0542 e. The van der Waals surface area contributed by atoms with Crippen LogP contribution in [0.4, 0.5) is 17.1 Å². The van der Waals surface area contributed by atoms with Crippen LogP contribution in [0.2, 0.25) is 0 Å². The van der Waals surface area contributed by atoms with Crippen LogP contribution >= 0.6 is 0 Å². The van der Waals surface area contributed by atoms with E-state index in [4.69, 9.17) is 0 Å². The van der Waals surface area contributed by atoms with Gasteiger partial charge < -0.3 is 14.0 Å². The van der Waals surface area contributed by atoms with Crippen molar-refractivity contribution in [2.45, 2.75) is 0 Å². The van der Waals surface area contributed by atoms with Crippen molar-refractivity contribution in [2.24, 2.45) is 0 Å². The third kappa shape index (κ3) is 6.51. The van der Waals surface area contributed by atoms with Crippen LogP contribution < -0.4 is 4.90 Å². The molecule has 13 rings (SSSR count). The van der Waals surface area contributed by atoms with Gasteiger partial charge in [0.15, 0.2) is 0 Å². The van der Waals surface area contributed by atoms with E-state index >= 15 is 0 Å². The van der Waals surface area contributed by atoms with Gasteiger partial charge in [-0.2, -0.15) is 0 Å². The first kappa shape index (κ1) is 38.5. The third-order valence-electron chi connectivity index (χ3n) is 13.5. The van der Waals surface area contributed by atoms with E-state index in [0.29, 0.717) is 0 Å². The van der Waals surface area contributed by atoms with E-state index < -0.39 is 0 Å². The zero-order chi connectivity index (χ0) is 44.3. The van der Waals surface area contributed by atoms with Crippen LogP contribution in [0.15, 0.2) is 261 Å². The Kier molecular flexibility index (Phi) is 9.17. The summed E-state index contributed by atoms with van der Waals surface area (Å²) in [6.07, 6.45) is 0. The molecular formula is C64H43N3. The highest BCUT2D eigenvalue weighted by Crippen LogP contribution is 2.44. The highest BCUT2D eigenvalue weighted by molar-refractivity contribution is 6.13. The zero-order valence-electron chi connectivity index (χ0n) is 36.7. The lowest BCUT2D eigenvalue weighted by Crippen LogP contribution is -2.11. The maximum Gasteiger partial charge on any atom is 0.0542 e. The molecule has 0 saturated heterocycles. The second-order valence-electron chi connectivity index (χ2n) is 17.3. The molecule has 13 aromatic rings. The maximum atomic E-state index is 2.43. The molecule has 67 heavy (non-hydrogen) atoms. The number of para-hydroxylation sites is 4. The molecule has 2 aromatic heterocycles. The van der Waals surface area contributed by atoms with E-state index in [-0.39, 0.29) is 0 Å². The molecule has 0 amide bonds. The van der Waals surface area contributed by atoms with E-state index in [1.165, 1.54) is 87.8 Å². The standard InChI is InChI=1S/C64H43N3/c1-3-15-44(16-4-1)45-27-29-46(30-28-45)47-31-36-51(37-32-47)65(62-41-42-63(56-20-8-7-19-55(56)62)67-60-25-13-9-21-53(60)54-22-10-14-26-61(54)67)52-38-33-48(34-39-52)49-35-40-64-58(43-49)57-23-11-12-24-59(57)66(64)50-17-5-2-6-18-50/h1-43H. The predicted molar refractivity (Wildman–Crippen MR) is 284 cm³/mol. The fourth-order valence-corrected chi connectivity index (χ4v) is 10.4. The fourth-order valence-electron chi connectivity index (χ4n) is 10.4. The van der Waals surface area contributed by atoms with Gasteiger partial charge in [0, 0.05) is 49.4 Å². The SMILES string of the molecule is c1ccc(-c2ccc(-c3ccc(N(c4ccc(-c5ccc6c(c5)c5ccccc5n6-c5ccccc5)cc4)c4ccc(-n5c6ccccc6c6ccccc65)c5ccccc45)cc3)cc2)cc1. The Morgan fingerprint density at radius 1 is 0.239 bits per heavy atom. The van der Waals surface area contributed by atoms with Crippen molar-refractivity contribution < 1.29 is 0 Å². The summed E-state index contributed by atoms with van der Waals surface area (Å²) in [5.74, 6) is 0. The van der Waals surface area contributed by atoms with E-state index in [0.717, 1.165) is 28.4 Å². The fraction of sp³-hybridized carbons (Fsp3) is 0. The Morgan fingerprint density at radius 3 is 1.19 bits per heavy atom. The molecule has 0 aliphatic carbocycles. The quantitative estimate of drug-likeness (QED) is 0.148. The minimum absolute atomic E-state index is 1.08. The van der Waals surface area contributed by atoms with Crippen molar-refractivity contribution in [2.75, 3.05) is 4.90 Å². The Morgan fingerprint density at radius 2 is 0.627 bits per heavy atom. The molecule has 314 valence electrons. The van der Waals surface area contributed by atoms with Gasteiger partial charge >= 0.3 is 0 Å². The molecule has 11 aromatic carbocycles. The third-order valence-corrected chi connectivity index (χ3v) is 13.5. The van der Waals surface area contributed by atoms with Crippen LogP contribution in [0.25, 0.3) is 99.1 Å². The summed E-state index contributed by atoms with van der Waals surface area (Å²) in [6, 6.07) is 94.9. The van der Waals surface area contributed by atoms with Gasteiger partial charge in [0.25, 0.3) is 0 Å². The van der Waals surface area contributed by atoms with Crippen molar-refractivity contribution in [1.29, 1.82) is 0 Å². The lowest BCUT2D eigenvalue weighted by atomic mass is 9.99. The van der Waals surface area contributed by atoms with Crippen LogP contribution in [0.1, 0.15) is 0 Å². The van der Waals surface area contributed by atoms with Crippen LogP contribution in [0.3, 0.4) is 0 Å². The minimum Gasteiger partial charge on any atom is -0.310 e. The van der Waals surface area contributed by atoms with Crippen molar-refractivity contribution in [1.82, 2.24) is 9.13 Å². The summed E-state index contributed by atoms with van der Waals surface area (Å²) < 4.78 is 4.80. The van der Waals surface area contributed by atoms with Crippen LogP contribution in [-0.4, -0.2) is 9.13 Å². The van der Waals surface area contributed by atoms with Gasteiger partial charge in [0.2, 0.25) is 0 Å². The Bertz CT molecular complexity index is 3880. The largest absolute Gasteiger partial charge is 0.310 e. The van der Waals surface area contributed by atoms with E-state index in [2.05, 4.69) is 275 Å². The number of rotatable bonds is 8. The summed E-state index contributed by atoms with van der Waals surface area (Å²) in [5, 5.41) is 7.36. The number of anilines is 3. The molecule has 0 N–H and O–H groups in total. The van der Waals surface area contributed by atoms with Crippen molar-refractivity contribution in [3.63, 3.8) is 0 Å². The van der Waals surface area contributed by atoms with E-state index in [1.807, 2.05) is 0 Å². The van der Waals surface area contributed by atoms with Crippen LogP contribution in [0.5, 0.6) is 0 Å². The highest BCUT2D eigenvalue weighted by atomic mass is 15.1. The Balaban J connectivity index is 0.937. The van der Waals surface area contributed by atoms with Gasteiger partial charge in [0.05, 0.1) is 33.4 Å². The molecule has 0 aliphatic rings. The monoisotopic (exact) mass is 853 g/mol. The Labute approximate surface area is 389 Å². The molecule has 0 unspecified atom stereocenters. The molecular weight excluding hydrogens is 811 g/mol. The normalized spacial score (nSPS) is 11.6. The second kappa shape index (κ2) is 16.0.